The van der Waals surface area contributed by atoms with Crippen LogP contribution < -0.4 is 0 Å². The van der Waals surface area contributed by atoms with E-state index in [1.807, 2.05) is 30.3 Å². The van der Waals surface area contributed by atoms with Crippen molar-refractivity contribution in [1.29, 1.82) is 0 Å². The average molecular weight is 403 g/mol. The second-order valence-electron chi connectivity index (χ2n) is 7.61. The van der Waals surface area contributed by atoms with Gasteiger partial charge in [0.1, 0.15) is 12.4 Å². The summed E-state index contributed by atoms with van der Waals surface area (Å²) < 4.78 is 46.4. The molecule has 29 heavy (non-hydrogen) atoms. The lowest BCUT2D eigenvalue weighted by atomic mass is 9.84. The summed E-state index contributed by atoms with van der Waals surface area (Å²) in [6.45, 7) is 0.158. The first-order valence-corrected chi connectivity index (χ1v) is 9.62. The van der Waals surface area contributed by atoms with Crippen LogP contribution in [-0.2, 0) is 11.3 Å². The van der Waals surface area contributed by atoms with E-state index in [9.17, 15) is 22.8 Å². The number of amides is 1. The largest absolute Gasteiger partial charge is 0.445 e. The highest BCUT2D eigenvalue weighted by molar-refractivity contribution is 5.98. The zero-order valence-electron chi connectivity index (χ0n) is 15.6. The molecule has 2 saturated heterocycles. The second kappa shape index (κ2) is 7.89. The van der Waals surface area contributed by atoms with Crippen LogP contribution in [0.5, 0.6) is 0 Å². The Hall–Kier alpha value is -2.83. The summed E-state index contributed by atoms with van der Waals surface area (Å²) in [6, 6.07) is 10.1. The number of piperidine rings is 1. The average Bonchev–Trinajstić information content (AvgIpc) is 2.98. The number of carbonyl (C=O) groups excluding carboxylic acids is 2. The van der Waals surface area contributed by atoms with Gasteiger partial charge in [0.25, 0.3) is 0 Å². The van der Waals surface area contributed by atoms with Crippen molar-refractivity contribution in [3.05, 3.63) is 71.0 Å². The Morgan fingerprint density at radius 1 is 1.00 bits per heavy atom. The van der Waals surface area contributed by atoms with Crippen LogP contribution in [0.4, 0.5) is 18.0 Å². The highest BCUT2D eigenvalue weighted by atomic mass is 19.2. The fraction of sp³-hybridized carbons (Fsp3) is 0.364. The minimum absolute atomic E-state index is 0.158. The van der Waals surface area contributed by atoms with Crippen LogP contribution >= 0.6 is 0 Å². The Labute approximate surface area is 166 Å². The quantitative estimate of drug-likeness (QED) is 0.541. The smallest absolute Gasteiger partial charge is 0.410 e. The molecule has 0 N–H and O–H groups in total. The number of nitrogens with zero attached hydrogens (tertiary/aromatic N) is 1. The summed E-state index contributed by atoms with van der Waals surface area (Å²) in [6.07, 6.45) is 1.65. The van der Waals surface area contributed by atoms with E-state index in [0.717, 1.165) is 24.5 Å². The first kappa shape index (κ1) is 19.5. The first-order valence-electron chi connectivity index (χ1n) is 9.62. The molecule has 2 aromatic carbocycles. The molecule has 4 nitrogen and oxygen atoms in total. The Morgan fingerprint density at radius 3 is 2.31 bits per heavy atom. The molecule has 152 valence electrons. The molecule has 2 aliphatic rings. The molecule has 0 radical (unpaired) electrons. The molecule has 1 amide bonds. The Bertz CT molecular complexity index is 920. The zero-order chi connectivity index (χ0) is 20.5. The predicted octanol–water partition coefficient (Wildman–Crippen LogP) is 4.87. The fourth-order valence-electron chi connectivity index (χ4n) is 4.44. The third-order valence-corrected chi connectivity index (χ3v) is 5.78. The molecule has 2 unspecified atom stereocenters. The van der Waals surface area contributed by atoms with Crippen molar-refractivity contribution < 1.29 is 27.5 Å². The van der Waals surface area contributed by atoms with Gasteiger partial charge in [0.2, 0.25) is 0 Å². The van der Waals surface area contributed by atoms with Gasteiger partial charge < -0.3 is 9.64 Å². The molecule has 2 bridgehead atoms. The number of ketones is 1. The third kappa shape index (κ3) is 3.86. The van der Waals surface area contributed by atoms with Gasteiger partial charge in [-0.15, -0.1) is 0 Å². The van der Waals surface area contributed by atoms with Gasteiger partial charge in [-0.05, 0) is 37.3 Å². The predicted molar refractivity (Wildman–Crippen MR) is 98.6 cm³/mol. The highest BCUT2D eigenvalue weighted by Crippen LogP contribution is 2.40. The molecule has 2 aromatic rings. The van der Waals surface area contributed by atoms with Crippen molar-refractivity contribution in [3.8, 4) is 0 Å². The summed E-state index contributed by atoms with van der Waals surface area (Å²) >= 11 is 0. The van der Waals surface area contributed by atoms with Gasteiger partial charge in [0.05, 0.1) is 5.56 Å². The number of benzene rings is 2. The highest BCUT2D eigenvalue weighted by Gasteiger charge is 2.46. The normalized spacial score (nSPS) is 23.1. The standard InChI is InChI=1S/C22H20F3NO3/c23-15-10-18(20(25)19(24)11-15)21(27)14-8-16-6-7-17(9-14)26(16)22(28)29-12-13-4-2-1-3-5-13/h1-5,10-11,14,16-17H,6-9,12H2. The van der Waals surface area contributed by atoms with Crippen LogP contribution in [0.15, 0.2) is 42.5 Å². The van der Waals surface area contributed by atoms with E-state index in [2.05, 4.69) is 0 Å². The topological polar surface area (TPSA) is 46.6 Å². The zero-order valence-corrected chi connectivity index (χ0v) is 15.6. The van der Waals surface area contributed by atoms with Gasteiger partial charge >= 0.3 is 6.09 Å². The van der Waals surface area contributed by atoms with Crippen molar-refractivity contribution in [2.75, 3.05) is 0 Å². The first-order chi connectivity index (χ1) is 13.9. The molecule has 2 atom stereocenters. The number of fused-ring (bicyclic) bond motifs is 2. The number of ether oxygens (including phenoxy) is 1. The van der Waals surface area contributed by atoms with Crippen LogP contribution in [-0.4, -0.2) is 28.9 Å². The number of rotatable bonds is 4. The van der Waals surface area contributed by atoms with E-state index in [4.69, 9.17) is 4.74 Å². The molecule has 2 aliphatic heterocycles. The fourth-order valence-corrected chi connectivity index (χ4v) is 4.44. The summed E-state index contributed by atoms with van der Waals surface area (Å²) in [5, 5.41) is 0. The number of carbonyl (C=O) groups is 2. The molecule has 0 spiro atoms. The maximum atomic E-state index is 14.0. The molecule has 2 heterocycles. The summed E-state index contributed by atoms with van der Waals surface area (Å²) in [7, 11) is 0. The summed E-state index contributed by atoms with van der Waals surface area (Å²) in [5.74, 6) is -4.89. The number of halogens is 3. The van der Waals surface area contributed by atoms with E-state index in [-0.39, 0.29) is 18.7 Å². The molecule has 2 fully saturated rings. The molecular weight excluding hydrogens is 383 g/mol. The minimum atomic E-state index is -1.38. The molecule has 0 saturated carbocycles. The monoisotopic (exact) mass is 403 g/mol. The van der Waals surface area contributed by atoms with Crippen molar-refractivity contribution in [2.45, 2.75) is 44.4 Å². The molecule has 4 rings (SSSR count). The van der Waals surface area contributed by atoms with E-state index in [0.29, 0.717) is 18.9 Å². The van der Waals surface area contributed by atoms with Crippen LogP contribution in [0, 0.1) is 23.4 Å². The van der Waals surface area contributed by atoms with Crippen LogP contribution in [0.3, 0.4) is 0 Å². The van der Waals surface area contributed by atoms with Gasteiger partial charge in [-0.3, -0.25) is 4.79 Å². The van der Waals surface area contributed by atoms with Crippen molar-refractivity contribution in [3.63, 3.8) is 0 Å². The molecule has 7 heteroatoms. The molecular formula is C22H20F3NO3. The van der Waals surface area contributed by atoms with Crippen LogP contribution in [0.25, 0.3) is 0 Å². The lowest BCUT2D eigenvalue weighted by Crippen LogP contribution is -2.48. The van der Waals surface area contributed by atoms with E-state index in [1.165, 1.54) is 0 Å². The van der Waals surface area contributed by atoms with E-state index in [1.54, 1.807) is 4.90 Å². The van der Waals surface area contributed by atoms with Crippen LogP contribution in [0.2, 0.25) is 0 Å². The maximum absolute atomic E-state index is 14.0. The third-order valence-electron chi connectivity index (χ3n) is 5.78. The summed E-state index contributed by atoms with van der Waals surface area (Å²) in [4.78, 5) is 27.0. The number of hydrogen-bond donors (Lipinski definition) is 0. The Morgan fingerprint density at radius 2 is 1.66 bits per heavy atom. The van der Waals surface area contributed by atoms with E-state index < -0.39 is 40.8 Å². The number of Topliss-reactive ketones (excluding diaryl/α,β-unsaturated/α-hetero) is 1. The molecule has 0 aliphatic carbocycles. The van der Waals surface area contributed by atoms with Crippen molar-refractivity contribution in [2.24, 2.45) is 5.92 Å². The Balaban J connectivity index is 1.44. The number of hydrogen-bond acceptors (Lipinski definition) is 3. The Kier molecular flexibility index (Phi) is 5.30. The van der Waals surface area contributed by atoms with E-state index >= 15 is 0 Å². The molecule has 0 aromatic heterocycles. The van der Waals surface area contributed by atoms with Crippen molar-refractivity contribution in [1.82, 2.24) is 4.90 Å². The lowest BCUT2D eigenvalue weighted by Gasteiger charge is -2.37. The minimum Gasteiger partial charge on any atom is -0.445 e. The SMILES string of the molecule is O=C(c1cc(F)cc(F)c1F)C1CC2CCC(C1)N2C(=O)OCc1ccccc1. The second-order valence-corrected chi connectivity index (χ2v) is 7.61. The van der Waals surface area contributed by atoms with Gasteiger partial charge in [-0.1, -0.05) is 30.3 Å². The lowest BCUT2D eigenvalue weighted by molar-refractivity contribution is 0.0483. The van der Waals surface area contributed by atoms with Gasteiger partial charge in [-0.2, -0.15) is 0 Å². The summed E-state index contributed by atoms with van der Waals surface area (Å²) in [5.41, 5.74) is 0.314. The van der Waals surface area contributed by atoms with Crippen molar-refractivity contribution >= 4 is 11.9 Å². The van der Waals surface area contributed by atoms with Crippen LogP contribution in [0.1, 0.15) is 41.6 Å². The van der Waals surface area contributed by atoms with Gasteiger partial charge in [0.15, 0.2) is 17.4 Å². The van der Waals surface area contributed by atoms with Gasteiger partial charge in [-0.25, -0.2) is 18.0 Å². The van der Waals surface area contributed by atoms with Gasteiger partial charge in [0, 0.05) is 24.1 Å². The maximum Gasteiger partial charge on any atom is 0.410 e.